The second-order valence-corrected chi connectivity index (χ2v) is 33.4. The Kier molecular flexibility index (Phi) is 17.5. The SMILES string of the molecule is c1ccc(-c2cccc(N(c3cc(-c4ccc(-n5c6ccccc6c6cc(-c7ccc8c9cc(-c%10cc(-c%11ccc(-n%12c%13ccccc%13c%13ccccc%13%12)cc%11)cc(N(c%11cccnc%11)c%11cccc%12ccccc%11%12)c%10)ccc9n(-c9ccccc9)c8c7)ccc65)cc4)cc(-c4ccc5c(c4)c4ccccc4n5-c4ccccc4)c3)c3cccc4ccccc34)c2)cc1. The summed E-state index contributed by atoms with van der Waals surface area (Å²) in [6.45, 7) is 0. The molecule has 598 valence electrons. The summed E-state index contributed by atoms with van der Waals surface area (Å²) in [5.41, 5.74) is 33.4. The monoisotopic (exact) mass is 1630 g/mol. The van der Waals surface area contributed by atoms with Crippen LogP contribution in [0.15, 0.2) is 480 Å². The van der Waals surface area contributed by atoms with Crippen LogP contribution in [-0.2, 0) is 0 Å². The van der Waals surface area contributed by atoms with Gasteiger partial charge in [0.05, 0.1) is 67.4 Å². The van der Waals surface area contributed by atoms with Crippen LogP contribution in [0.4, 0.5) is 34.1 Å². The molecule has 0 saturated heterocycles. The van der Waals surface area contributed by atoms with Gasteiger partial charge in [0.1, 0.15) is 0 Å². The molecule has 25 rings (SSSR count). The normalized spacial score (nSPS) is 11.8. The Morgan fingerprint density at radius 1 is 0.156 bits per heavy atom. The molecule has 7 heteroatoms. The van der Waals surface area contributed by atoms with Gasteiger partial charge in [0, 0.05) is 99.9 Å². The molecule has 0 aliphatic heterocycles. The van der Waals surface area contributed by atoms with E-state index in [1.165, 1.54) is 81.4 Å². The molecule has 0 unspecified atom stereocenters. The number of pyridine rings is 1. The van der Waals surface area contributed by atoms with Gasteiger partial charge in [-0.15, -0.1) is 0 Å². The number of fused-ring (bicyclic) bond motifs is 14. The Bertz CT molecular complexity index is 8620. The van der Waals surface area contributed by atoms with Gasteiger partial charge in [-0.25, -0.2) is 0 Å². The van der Waals surface area contributed by atoms with Crippen LogP contribution >= 0.6 is 0 Å². The van der Waals surface area contributed by atoms with Gasteiger partial charge >= 0.3 is 0 Å². The highest BCUT2D eigenvalue weighted by molar-refractivity contribution is 6.16. The first kappa shape index (κ1) is 73.6. The summed E-state index contributed by atoms with van der Waals surface area (Å²) in [4.78, 5) is 9.59. The van der Waals surface area contributed by atoms with E-state index in [-0.39, 0.29) is 0 Å². The van der Waals surface area contributed by atoms with Gasteiger partial charge in [0.2, 0.25) is 0 Å². The van der Waals surface area contributed by atoms with E-state index in [0.29, 0.717) is 0 Å². The van der Waals surface area contributed by atoms with E-state index in [2.05, 4.69) is 489 Å². The molecule has 7 nitrogen and oxygen atoms in total. The fraction of sp³-hybridized carbons (Fsp3) is 0. The Morgan fingerprint density at radius 2 is 0.453 bits per heavy atom. The highest BCUT2D eigenvalue weighted by atomic mass is 15.2. The van der Waals surface area contributed by atoms with Crippen molar-refractivity contribution in [3.8, 4) is 89.5 Å². The first-order valence-electron chi connectivity index (χ1n) is 43.8. The van der Waals surface area contributed by atoms with Crippen LogP contribution < -0.4 is 9.80 Å². The second-order valence-electron chi connectivity index (χ2n) is 33.4. The Hall–Kier alpha value is -17.1. The molecule has 0 bridgehead atoms. The molecule has 0 saturated carbocycles. The fourth-order valence-electron chi connectivity index (χ4n) is 20.2. The lowest BCUT2D eigenvalue weighted by atomic mass is 9.95. The average molecular weight is 1630 g/mol. The quantitative estimate of drug-likeness (QED) is 0.0968. The molecular weight excluding hydrogens is 1550 g/mol. The van der Waals surface area contributed by atoms with Crippen LogP contribution in [0.5, 0.6) is 0 Å². The van der Waals surface area contributed by atoms with Gasteiger partial charge in [0.15, 0.2) is 0 Å². The van der Waals surface area contributed by atoms with Crippen LogP contribution in [0.1, 0.15) is 0 Å². The highest BCUT2D eigenvalue weighted by Gasteiger charge is 2.26. The van der Waals surface area contributed by atoms with Crippen molar-refractivity contribution in [3.63, 3.8) is 0 Å². The van der Waals surface area contributed by atoms with Crippen LogP contribution in [-0.4, -0.2) is 23.3 Å². The van der Waals surface area contributed by atoms with Crippen molar-refractivity contribution in [1.82, 2.24) is 23.3 Å². The predicted octanol–water partition coefficient (Wildman–Crippen LogP) is 32.7. The maximum Gasteiger partial charge on any atom is 0.0645 e. The summed E-state index contributed by atoms with van der Waals surface area (Å²) in [6, 6.07) is 172. The number of rotatable bonds is 16. The molecule has 5 aromatic heterocycles. The standard InChI is InChI=1S/C121H79N7/c1-4-26-80(27-5-1)85-32-22-37-98(70-85)123(112-49-23-30-83-28-10-12-39-102(83)112)100-71-90(68-92(73-100)87-57-65-118-110(76-87)107-44-16-20-47-116(107)125(118)94-33-6-2-7-34-94)81-53-61-97(62-54-81)127-117-48-21-17-43-106(117)109-75-86(56-64-119(109)127)89-55-63-108-111-77-88(58-66-120(111)128(121(108)78-89)95-35-8-3-9-36-95)93-69-91(82-51-59-96(60-52-82)126-114-45-18-14-41-104(114)105-42-15-19-46-115(105)126)72-101(74-93)124(99-38-25-67-122-79-99)113-50-24-31-84-29-11-13-40-103(84)113/h1-79H. The van der Waals surface area contributed by atoms with Crippen molar-refractivity contribution in [2.75, 3.05) is 9.80 Å². The zero-order valence-corrected chi connectivity index (χ0v) is 69.7. The van der Waals surface area contributed by atoms with Gasteiger partial charge in [-0.2, -0.15) is 0 Å². The maximum atomic E-state index is 4.74. The smallest absolute Gasteiger partial charge is 0.0645 e. The molecule has 0 atom stereocenters. The molecule has 0 aliphatic rings. The summed E-state index contributed by atoms with van der Waals surface area (Å²) in [5, 5.41) is 14.3. The molecule has 0 fully saturated rings. The molecule has 0 spiro atoms. The summed E-state index contributed by atoms with van der Waals surface area (Å²) in [6.07, 6.45) is 3.83. The average Bonchev–Trinajstić information content (AvgIpc) is 1.56. The molecule has 0 amide bonds. The minimum atomic E-state index is 0.966. The highest BCUT2D eigenvalue weighted by Crippen LogP contribution is 2.49. The van der Waals surface area contributed by atoms with Gasteiger partial charge in [-0.3, -0.25) is 4.98 Å². The summed E-state index contributed by atoms with van der Waals surface area (Å²) in [5.74, 6) is 0. The van der Waals surface area contributed by atoms with Crippen molar-refractivity contribution >= 4 is 143 Å². The van der Waals surface area contributed by atoms with E-state index in [1.807, 2.05) is 18.5 Å². The van der Waals surface area contributed by atoms with Gasteiger partial charge in [0.25, 0.3) is 0 Å². The third-order valence-electron chi connectivity index (χ3n) is 26.1. The maximum absolute atomic E-state index is 4.74. The second kappa shape index (κ2) is 30.4. The molecule has 0 radical (unpaired) electrons. The third-order valence-corrected chi connectivity index (χ3v) is 26.1. The van der Waals surface area contributed by atoms with E-state index >= 15 is 0 Å². The fourth-order valence-corrected chi connectivity index (χ4v) is 20.2. The summed E-state index contributed by atoms with van der Waals surface area (Å²) < 4.78 is 9.68. The minimum absolute atomic E-state index is 0.966. The van der Waals surface area contributed by atoms with E-state index in [9.17, 15) is 0 Å². The number of hydrogen-bond donors (Lipinski definition) is 0. The van der Waals surface area contributed by atoms with Gasteiger partial charge in [-0.1, -0.05) is 279 Å². The molecule has 25 aromatic rings. The van der Waals surface area contributed by atoms with Gasteiger partial charge < -0.3 is 28.1 Å². The lowest BCUT2D eigenvalue weighted by molar-refractivity contribution is 1.18. The van der Waals surface area contributed by atoms with Crippen LogP contribution in [0, 0.1) is 0 Å². The van der Waals surface area contributed by atoms with Crippen LogP contribution in [0.2, 0.25) is 0 Å². The largest absolute Gasteiger partial charge is 0.310 e. The van der Waals surface area contributed by atoms with E-state index in [0.717, 1.165) is 151 Å². The Balaban J connectivity index is 0.608. The Morgan fingerprint density at radius 3 is 0.914 bits per heavy atom. The van der Waals surface area contributed by atoms with Crippen molar-refractivity contribution < 1.29 is 0 Å². The van der Waals surface area contributed by atoms with Crippen molar-refractivity contribution in [2.24, 2.45) is 0 Å². The molecule has 5 heterocycles. The number of anilines is 6. The Labute approximate surface area is 739 Å². The molecular formula is C121H79N7. The third kappa shape index (κ3) is 12.5. The van der Waals surface area contributed by atoms with E-state index in [1.54, 1.807) is 0 Å². The van der Waals surface area contributed by atoms with Crippen LogP contribution in [0.3, 0.4) is 0 Å². The summed E-state index contributed by atoms with van der Waals surface area (Å²) in [7, 11) is 0. The number of nitrogens with zero attached hydrogens (tertiary/aromatic N) is 7. The molecule has 20 aromatic carbocycles. The number of para-hydroxylation sites is 6. The topological polar surface area (TPSA) is 39.1 Å². The predicted molar refractivity (Wildman–Crippen MR) is 539 cm³/mol. The van der Waals surface area contributed by atoms with Crippen molar-refractivity contribution in [3.05, 3.63) is 480 Å². The number of benzene rings is 20. The van der Waals surface area contributed by atoms with E-state index in [4.69, 9.17) is 4.98 Å². The lowest BCUT2D eigenvalue weighted by Crippen LogP contribution is -2.11. The summed E-state index contributed by atoms with van der Waals surface area (Å²) >= 11 is 0. The number of hydrogen-bond acceptors (Lipinski definition) is 3. The first-order chi connectivity index (χ1) is 63.5. The molecule has 128 heavy (non-hydrogen) atoms. The zero-order valence-electron chi connectivity index (χ0n) is 69.7. The lowest BCUT2D eigenvalue weighted by Gasteiger charge is -2.28. The number of aromatic nitrogens is 5. The van der Waals surface area contributed by atoms with Gasteiger partial charge in [-0.05, 0) is 266 Å². The zero-order chi connectivity index (χ0) is 84.3. The molecule has 0 N–H and O–H groups in total. The van der Waals surface area contributed by atoms with E-state index < -0.39 is 0 Å². The van der Waals surface area contributed by atoms with Crippen molar-refractivity contribution in [2.45, 2.75) is 0 Å². The minimum Gasteiger partial charge on any atom is -0.310 e. The first-order valence-corrected chi connectivity index (χ1v) is 43.8. The van der Waals surface area contributed by atoms with Crippen molar-refractivity contribution in [1.29, 1.82) is 0 Å². The molecule has 0 aliphatic carbocycles. The van der Waals surface area contributed by atoms with Crippen LogP contribution in [0.25, 0.3) is 198 Å².